The smallest absolute Gasteiger partial charge is 0.0789 e. The van der Waals surface area contributed by atoms with Gasteiger partial charge in [-0.15, -0.1) is 0 Å². The minimum Gasteiger partial charge on any atom is -0.0789 e. The lowest BCUT2D eigenvalue weighted by Gasteiger charge is -2.35. The zero-order valence-electron chi connectivity index (χ0n) is 12.0. The van der Waals surface area contributed by atoms with Crippen molar-refractivity contribution >= 4 is 55.5 Å². The minimum atomic E-state index is -2.17. The summed E-state index contributed by atoms with van der Waals surface area (Å²) in [7, 11) is -2.17. The third kappa shape index (κ3) is 2.73. The Hall–Kier alpha value is -1.16. The molecular formula is C19H16Br2Si. The van der Waals surface area contributed by atoms with Gasteiger partial charge in [0.05, 0.1) is 3.36 Å². The molecule has 0 radical (unpaired) electrons. The summed E-state index contributed by atoms with van der Waals surface area (Å²) in [5, 5.41) is 4.18. The molecule has 0 N–H and O–H groups in total. The fraction of sp³-hybridized carbons (Fsp3) is 0.0526. The van der Waals surface area contributed by atoms with Crippen LogP contribution >= 0.6 is 31.9 Å². The van der Waals surface area contributed by atoms with Crippen molar-refractivity contribution in [3.63, 3.8) is 0 Å². The van der Waals surface area contributed by atoms with E-state index in [1.54, 1.807) is 0 Å². The van der Waals surface area contributed by atoms with Gasteiger partial charge in [0, 0.05) is 0 Å². The van der Waals surface area contributed by atoms with Crippen molar-refractivity contribution in [2.45, 2.75) is 3.36 Å². The Morgan fingerprint density at radius 2 is 0.773 bits per heavy atom. The van der Waals surface area contributed by atoms with Crippen LogP contribution in [0.1, 0.15) is 0 Å². The molecular weight excluding hydrogens is 416 g/mol. The summed E-state index contributed by atoms with van der Waals surface area (Å²) in [5.74, 6) is 0. The zero-order chi connectivity index (χ0) is 15.4. The third-order valence-electron chi connectivity index (χ3n) is 4.01. The van der Waals surface area contributed by atoms with Crippen LogP contribution in [0.5, 0.6) is 0 Å². The molecule has 0 nitrogen and oxygen atoms in total. The maximum atomic E-state index is 3.89. The maximum absolute atomic E-state index is 3.89. The lowest BCUT2D eigenvalue weighted by atomic mass is 10.3. The van der Waals surface area contributed by atoms with Crippen molar-refractivity contribution in [3.8, 4) is 0 Å². The minimum absolute atomic E-state index is 0.208. The van der Waals surface area contributed by atoms with Crippen LogP contribution in [0.25, 0.3) is 0 Å². The molecule has 3 aromatic carbocycles. The number of rotatable bonds is 4. The maximum Gasteiger partial charge on any atom is 0.173 e. The molecule has 22 heavy (non-hydrogen) atoms. The largest absolute Gasteiger partial charge is 0.173 e. The van der Waals surface area contributed by atoms with Crippen LogP contribution in [0.15, 0.2) is 91.0 Å². The second-order valence-corrected chi connectivity index (χ2v) is 13.9. The molecule has 0 saturated heterocycles. The van der Waals surface area contributed by atoms with Gasteiger partial charge in [0.2, 0.25) is 0 Å². The van der Waals surface area contributed by atoms with Gasteiger partial charge < -0.3 is 0 Å². The zero-order valence-corrected chi connectivity index (χ0v) is 16.2. The van der Waals surface area contributed by atoms with E-state index in [1.807, 2.05) is 0 Å². The number of hydrogen-bond donors (Lipinski definition) is 0. The first-order valence-corrected chi connectivity index (χ1v) is 11.1. The van der Waals surface area contributed by atoms with Gasteiger partial charge in [-0.2, -0.15) is 0 Å². The van der Waals surface area contributed by atoms with Gasteiger partial charge in [-0.25, -0.2) is 0 Å². The Bertz CT molecular complexity index is 616. The van der Waals surface area contributed by atoms with Crippen LogP contribution in [0.2, 0.25) is 0 Å². The Labute approximate surface area is 149 Å². The van der Waals surface area contributed by atoms with Crippen molar-refractivity contribution in [2.75, 3.05) is 0 Å². The normalized spacial score (nSPS) is 11.6. The Morgan fingerprint density at radius 3 is 1.00 bits per heavy atom. The molecule has 3 heteroatoms. The molecule has 0 atom stereocenters. The molecule has 110 valence electrons. The lowest BCUT2D eigenvalue weighted by Crippen LogP contribution is -2.71. The predicted octanol–water partition coefficient (Wildman–Crippen LogP) is 3.81. The highest BCUT2D eigenvalue weighted by atomic mass is 79.9. The molecule has 0 aliphatic carbocycles. The van der Waals surface area contributed by atoms with E-state index in [0.717, 1.165) is 0 Å². The fourth-order valence-corrected chi connectivity index (χ4v) is 11.6. The van der Waals surface area contributed by atoms with Crippen molar-refractivity contribution in [1.82, 2.24) is 0 Å². The average molecular weight is 432 g/mol. The van der Waals surface area contributed by atoms with E-state index in [0.29, 0.717) is 0 Å². The highest BCUT2D eigenvalue weighted by molar-refractivity contribution is 9.25. The van der Waals surface area contributed by atoms with Gasteiger partial charge in [-0.3, -0.25) is 0 Å². The summed E-state index contributed by atoms with van der Waals surface area (Å²) in [4.78, 5) is 0. The van der Waals surface area contributed by atoms with Crippen molar-refractivity contribution in [2.24, 2.45) is 0 Å². The van der Waals surface area contributed by atoms with Gasteiger partial charge in [0.1, 0.15) is 0 Å². The highest BCUT2D eigenvalue weighted by Crippen LogP contribution is 2.23. The molecule has 0 spiro atoms. The van der Waals surface area contributed by atoms with Crippen molar-refractivity contribution < 1.29 is 0 Å². The van der Waals surface area contributed by atoms with Crippen LogP contribution in [0, 0.1) is 0 Å². The topological polar surface area (TPSA) is 0 Å². The number of halogens is 2. The molecule has 3 aromatic rings. The van der Waals surface area contributed by atoms with E-state index in [1.165, 1.54) is 15.6 Å². The Morgan fingerprint density at radius 1 is 0.500 bits per heavy atom. The molecule has 0 aliphatic rings. The molecule has 0 unspecified atom stereocenters. The molecule has 3 rings (SSSR count). The summed E-state index contributed by atoms with van der Waals surface area (Å²) in [6.45, 7) is 0. The SMILES string of the molecule is BrC(Br)[Si](c1ccccc1)(c1ccccc1)c1ccccc1. The third-order valence-corrected chi connectivity index (χ3v) is 12.5. The summed E-state index contributed by atoms with van der Waals surface area (Å²) in [6.07, 6.45) is 0. The molecule has 0 amide bonds. The van der Waals surface area contributed by atoms with E-state index in [-0.39, 0.29) is 3.36 Å². The number of hydrogen-bond acceptors (Lipinski definition) is 0. The van der Waals surface area contributed by atoms with Crippen LogP contribution < -0.4 is 15.6 Å². The summed E-state index contributed by atoms with van der Waals surface area (Å²) >= 11 is 7.77. The van der Waals surface area contributed by atoms with E-state index in [4.69, 9.17) is 0 Å². The second-order valence-electron chi connectivity index (χ2n) is 5.21. The molecule has 0 aliphatic heterocycles. The molecule has 0 fully saturated rings. The average Bonchev–Trinajstić information content (AvgIpc) is 2.58. The molecule has 0 heterocycles. The van der Waals surface area contributed by atoms with Crippen molar-refractivity contribution in [1.29, 1.82) is 0 Å². The molecule has 0 saturated carbocycles. The first-order chi connectivity index (χ1) is 10.8. The van der Waals surface area contributed by atoms with Gasteiger partial charge in [-0.05, 0) is 15.6 Å². The van der Waals surface area contributed by atoms with E-state index in [2.05, 4.69) is 123 Å². The number of benzene rings is 3. The van der Waals surface area contributed by atoms with Gasteiger partial charge in [-0.1, -0.05) is 123 Å². The van der Waals surface area contributed by atoms with Gasteiger partial charge >= 0.3 is 0 Å². The van der Waals surface area contributed by atoms with E-state index >= 15 is 0 Å². The second kappa shape index (κ2) is 6.94. The summed E-state index contributed by atoms with van der Waals surface area (Å²) in [6, 6.07) is 32.5. The molecule has 0 bridgehead atoms. The monoisotopic (exact) mass is 430 g/mol. The van der Waals surface area contributed by atoms with Crippen LogP contribution in [-0.4, -0.2) is 11.4 Å². The quantitative estimate of drug-likeness (QED) is 0.334. The Balaban J connectivity index is 2.34. The van der Waals surface area contributed by atoms with Crippen LogP contribution in [0.3, 0.4) is 0 Å². The summed E-state index contributed by atoms with van der Waals surface area (Å²) < 4.78 is 0.208. The van der Waals surface area contributed by atoms with Crippen LogP contribution in [0.4, 0.5) is 0 Å². The predicted molar refractivity (Wildman–Crippen MR) is 106 cm³/mol. The highest BCUT2D eigenvalue weighted by Gasteiger charge is 2.44. The number of alkyl halides is 2. The van der Waals surface area contributed by atoms with Gasteiger partial charge in [0.15, 0.2) is 8.07 Å². The van der Waals surface area contributed by atoms with E-state index in [9.17, 15) is 0 Å². The van der Waals surface area contributed by atoms with Crippen molar-refractivity contribution in [3.05, 3.63) is 91.0 Å². The van der Waals surface area contributed by atoms with E-state index < -0.39 is 8.07 Å². The molecule has 0 aromatic heterocycles. The lowest BCUT2D eigenvalue weighted by molar-refractivity contribution is 1.65. The first kappa shape index (κ1) is 15.7. The standard InChI is InChI=1S/C19H16Br2Si/c20-19(21)22(16-10-4-1-5-11-16,17-12-6-2-7-13-17)18-14-8-3-9-15-18/h1-15,19H. The Kier molecular flexibility index (Phi) is 4.96. The fourth-order valence-electron chi connectivity index (χ4n) is 2.98. The summed E-state index contributed by atoms with van der Waals surface area (Å²) in [5.41, 5.74) is 0. The van der Waals surface area contributed by atoms with Gasteiger partial charge in [0.25, 0.3) is 0 Å². The van der Waals surface area contributed by atoms with Crippen LogP contribution in [-0.2, 0) is 0 Å². The first-order valence-electron chi connectivity index (χ1n) is 7.21.